The minimum absolute atomic E-state index is 0.137. The third-order valence-corrected chi connectivity index (χ3v) is 4.36. The number of halogens is 2. The minimum Gasteiger partial charge on any atom is -0.324 e. The second-order valence-corrected chi connectivity index (χ2v) is 6.29. The zero-order chi connectivity index (χ0) is 14.8. The van der Waals surface area contributed by atoms with Crippen molar-refractivity contribution in [3.63, 3.8) is 0 Å². The van der Waals surface area contributed by atoms with E-state index in [1.807, 2.05) is 48.5 Å². The van der Waals surface area contributed by atoms with Gasteiger partial charge >= 0.3 is 0 Å². The molecule has 106 valence electrons. The van der Waals surface area contributed by atoms with Gasteiger partial charge in [-0.15, -0.1) is 0 Å². The average molecular weight is 362 g/mol. The summed E-state index contributed by atoms with van der Waals surface area (Å²) < 4.78 is 0.969. The first-order chi connectivity index (χ1) is 10.1. The van der Waals surface area contributed by atoms with Crippen LogP contribution in [0.25, 0.3) is 10.9 Å². The fraction of sp³-hybridized carbons (Fsp3) is 0.118. The molecule has 0 saturated carbocycles. The fourth-order valence-electron chi connectivity index (χ4n) is 2.46. The van der Waals surface area contributed by atoms with E-state index in [-0.39, 0.29) is 6.04 Å². The molecule has 4 heteroatoms. The Hall–Kier alpha value is -1.42. The summed E-state index contributed by atoms with van der Waals surface area (Å²) in [6.07, 6.45) is 2.48. The van der Waals surface area contributed by atoms with Crippen molar-refractivity contribution in [1.29, 1.82) is 0 Å². The molecule has 0 spiro atoms. The van der Waals surface area contributed by atoms with Gasteiger partial charge < -0.3 is 5.73 Å². The van der Waals surface area contributed by atoms with Crippen molar-refractivity contribution in [2.75, 3.05) is 0 Å². The van der Waals surface area contributed by atoms with Crippen LogP contribution in [-0.2, 0) is 6.42 Å². The Morgan fingerprint density at radius 3 is 2.76 bits per heavy atom. The molecule has 1 atom stereocenters. The molecule has 2 nitrogen and oxygen atoms in total. The predicted molar refractivity (Wildman–Crippen MR) is 91.5 cm³/mol. The van der Waals surface area contributed by atoms with Crippen molar-refractivity contribution in [2.24, 2.45) is 5.73 Å². The van der Waals surface area contributed by atoms with Crippen LogP contribution in [0.4, 0.5) is 0 Å². The van der Waals surface area contributed by atoms with Crippen LogP contribution >= 0.6 is 27.5 Å². The summed E-state index contributed by atoms with van der Waals surface area (Å²) in [7, 11) is 0. The Bertz CT molecular complexity index is 783. The number of para-hydroxylation sites is 1. The van der Waals surface area contributed by atoms with Gasteiger partial charge in [0, 0.05) is 27.1 Å². The van der Waals surface area contributed by atoms with Crippen LogP contribution in [0.2, 0.25) is 5.02 Å². The second-order valence-electron chi connectivity index (χ2n) is 4.97. The van der Waals surface area contributed by atoms with E-state index in [1.165, 1.54) is 0 Å². The highest BCUT2D eigenvalue weighted by atomic mass is 79.9. The van der Waals surface area contributed by atoms with Crippen LogP contribution in [0.3, 0.4) is 0 Å². The number of benzene rings is 2. The molecule has 2 aromatic carbocycles. The lowest BCUT2D eigenvalue weighted by atomic mass is 9.97. The summed E-state index contributed by atoms with van der Waals surface area (Å²) in [5.74, 6) is 0. The highest BCUT2D eigenvalue weighted by Crippen LogP contribution is 2.28. The third kappa shape index (κ3) is 3.10. The Labute approximate surface area is 137 Å². The maximum atomic E-state index is 6.39. The first-order valence-corrected chi connectivity index (χ1v) is 7.85. The van der Waals surface area contributed by atoms with E-state index in [1.54, 1.807) is 6.20 Å². The Morgan fingerprint density at radius 2 is 1.95 bits per heavy atom. The SMILES string of the molecule is NC(Cc1ccc(Br)cc1Cl)c1cccc2cccnc12. The summed E-state index contributed by atoms with van der Waals surface area (Å²) >= 11 is 9.69. The number of hydrogen-bond donors (Lipinski definition) is 1. The summed E-state index contributed by atoms with van der Waals surface area (Å²) in [5.41, 5.74) is 9.44. The van der Waals surface area contributed by atoms with Crippen molar-refractivity contribution in [2.45, 2.75) is 12.5 Å². The van der Waals surface area contributed by atoms with Gasteiger partial charge in [0.25, 0.3) is 0 Å². The molecular weight excluding hydrogens is 348 g/mol. The van der Waals surface area contributed by atoms with E-state index in [9.17, 15) is 0 Å². The number of nitrogens with zero attached hydrogens (tertiary/aromatic N) is 1. The van der Waals surface area contributed by atoms with E-state index in [0.717, 1.165) is 31.5 Å². The van der Waals surface area contributed by atoms with Crippen molar-refractivity contribution in [3.8, 4) is 0 Å². The number of rotatable bonds is 3. The third-order valence-electron chi connectivity index (χ3n) is 3.52. The summed E-state index contributed by atoms with van der Waals surface area (Å²) in [6, 6.07) is 15.8. The van der Waals surface area contributed by atoms with E-state index < -0.39 is 0 Å². The molecule has 3 rings (SSSR count). The van der Waals surface area contributed by atoms with E-state index >= 15 is 0 Å². The lowest BCUT2D eigenvalue weighted by Crippen LogP contribution is -2.14. The van der Waals surface area contributed by atoms with Crippen LogP contribution in [-0.4, -0.2) is 4.98 Å². The quantitative estimate of drug-likeness (QED) is 0.721. The molecule has 0 radical (unpaired) electrons. The van der Waals surface area contributed by atoms with Crippen molar-refractivity contribution in [1.82, 2.24) is 4.98 Å². The molecule has 21 heavy (non-hydrogen) atoms. The van der Waals surface area contributed by atoms with Crippen LogP contribution in [0.5, 0.6) is 0 Å². The summed E-state index contributed by atoms with van der Waals surface area (Å²) in [4.78, 5) is 4.46. The van der Waals surface area contributed by atoms with Gasteiger partial charge in [0.1, 0.15) is 0 Å². The molecule has 0 saturated heterocycles. The van der Waals surface area contributed by atoms with Gasteiger partial charge in [0.15, 0.2) is 0 Å². The number of nitrogens with two attached hydrogens (primary N) is 1. The van der Waals surface area contributed by atoms with Crippen molar-refractivity contribution >= 4 is 38.4 Å². The van der Waals surface area contributed by atoms with Crippen LogP contribution < -0.4 is 5.73 Å². The topological polar surface area (TPSA) is 38.9 Å². The molecule has 1 unspecified atom stereocenters. The highest BCUT2D eigenvalue weighted by molar-refractivity contribution is 9.10. The first kappa shape index (κ1) is 14.5. The molecule has 1 heterocycles. The summed E-state index contributed by atoms with van der Waals surface area (Å²) in [5, 5.41) is 1.83. The molecule has 0 aliphatic rings. The summed E-state index contributed by atoms with van der Waals surface area (Å²) in [6.45, 7) is 0. The van der Waals surface area contributed by atoms with Gasteiger partial charge in [-0.2, -0.15) is 0 Å². The maximum absolute atomic E-state index is 6.39. The number of aromatic nitrogens is 1. The molecule has 0 fully saturated rings. The van der Waals surface area contributed by atoms with Crippen molar-refractivity contribution in [3.05, 3.63) is 75.4 Å². The van der Waals surface area contributed by atoms with Crippen LogP contribution in [0.1, 0.15) is 17.2 Å². The molecule has 0 aliphatic carbocycles. The van der Waals surface area contributed by atoms with Gasteiger partial charge in [-0.25, -0.2) is 0 Å². The molecule has 3 aromatic rings. The van der Waals surface area contributed by atoms with Crippen LogP contribution in [0, 0.1) is 0 Å². The lowest BCUT2D eigenvalue weighted by Gasteiger charge is -2.15. The molecular formula is C17H14BrClN2. The molecule has 2 N–H and O–H groups in total. The second kappa shape index (κ2) is 6.14. The first-order valence-electron chi connectivity index (χ1n) is 6.68. The number of fused-ring (bicyclic) bond motifs is 1. The molecule has 0 bridgehead atoms. The zero-order valence-corrected chi connectivity index (χ0v) is 13.6. The van der Waals surface area contributed by atoms with Gasteiger partial charge in [-0.3, -0.25) is 4.98 Å². The van der Waals surface area contributed by atoms with Gasteiger partial charge in [0.05, 0.1) is 5.52 Å². The maximum Gasteiger partial charge on any atom is 0.0749 e. The number of pyridine rings is 1. The monoisotopic (exact) mass is 360 g/mol. The highest BCUT2D eigenvalue weighted by Gasteiger charge is 2.13. The van der Waals surface area contributed by atoms with E-state index in [0.29, 0.717) is 6.42 Å². The largest absolute Gasteiger partial charge is 0.324 e. The Kier molecular flexibility index (Phi) is 4.24. The van der Waals surface area contributed by atoms with Gasteiger partial charge in [-0.05, 0) is 35.7 Å². The number of hydrogen-bond acceptors (Lipinski definition) is 2. The van der Waals surface area contributed by atoms with E-state index in [2.05, 4.69) is 20.9 Å². The van der Waals surface area contributed by atoms with Crippen molar-refractivity contribution < 1.29 is 0 Å². The van der Waals surface area contributed by atoms with Crippen LogP contribution in [0.15, 0.2) is 59.2 Å². The fourth-order valence-corrected chi connectivity index (χ4v) is 3.21. The molecule has 0 amide bonds. The average Bonchev–Trinajstić information content (AvgIpc) is 2.49. The Balaban J connectivity index is 1.95. The Morgan fingerprint density at radius 1 is 1.14 bits per heavy atom. The van der Waals surface area contributed by atoms with Gasteiger partial charge in [-0.1, -0.05) is 57.9 Å². The minimum atomic E-state index is -0.137. The van der Waals surface area contributed by atoms with E-state index in [4.69, 9.17) is 17.3 Å². The zero-order valence-electron chi connectivity index (χ0n) is 11.3. The smallest absolute Gasteiger partial charge is 0.0749 e. The standard InChI is InChI=1S/C17H14BrClN2/c18-13-7-6-12(15(19)10-13)9-16(20)14-5-1-3-11-4-2-8-21-17(11)14/h1-8,10,16H,9,20H2. The van der Waals surface area contributed by atoms with Gasteiger partial charge in [0.2, 0.25) is 0 Å². The predicted octanol–water partition coefficient (Wildman–Crippen LogP) is 4.89. The normalized spacial score (nSPS) is 12.5. The molecule has 1 aromatic heterocycles. The molecule has 0 aliphatic heterocycles. The lowest BCUT2D eigenvalue weighted by molar-refractivity contribution is 0.726.